The highest BCUT2D eigenvalue weighted by atomic mass is 16.3. The summed E-state index contributed by atoms with van der Waals surface area (Å²) in [5.41, 5.74) is 0.832. The SMILES string of the molecule is CNc1cn2ccnc2c(N2CCC(O)C2)n1. The predicted molar refractivity (Wildman–Crippen MR) is 65.4 cm³/mol. The zero-order valence-electron chi connectivity index (χ0n) is 9.67. The van der Waals surface area contributed by atoms with Crippen LogP contribution in [0, 0.1) is 0 Å². The van der Waals surface area contributed by atoms with Crippen LogP contribution in [0.3, 0.4) is 0 Å². The molecule has 1 aliphatic rings. The Hall–Kier alpha value is -1.82. The summed E-state index contributed by atoms with van der Waals surface area (Å²) in [4.78, 5) is 10.9. The van der Waals surface area contributed by atoms with Gasteiger partial charge in [0.15, 0.2) is 11.5 Å². The molecule has 0 aromatic carbocycles. The minimum atomic E-state index is -0.259. The summed E-state index contributed by atoms with van der Waals surface area (Å²) in [7, 11) is 1.84. The van der Waals surface area contributed by atoms with Crippen molar-refractivity contribution in [3.05, 3.63) is 18.6 Å². The van der Waals surface area contributed by atoms with Gasteiger partial charge in [0.2, 0.25) is 0 Å². The Labute approximate surface area is 98.9 Å². The lowest BCUT2D eigenvalue weighted by molar-refractivity contribution is 0.198. The molecule has 1 fully saturated rings. The fraction of sp³-hybridized carbons (Fsp3) is 0.455. The molecular formula is C11H15N5O. The van der Waals surface area contributed by atoms with Gasteiger partial charge >= 0.3 is 0 Å². The smallest absolute Gasteiger partial charge is 0.180 e. The van der Waals surface area contributed by atoms with E-state index in [-0.39, 0.29) is 6.10 Å². The summed E-state index contributed by atoms with van der Waals surface area (Å²) in [5.74, 6) is 1.63. The number of rotatable bonds is 2. The molecule has 3 heterocycles. The van der Waals surface area contributed by atoms with Gasteiger partial charge in [0, 0.05) is 32.5 Å². The zero-order valence-corrected chi connectivity index (χ0v) is 9.67. The van der Waals surface area contributed by atoms with Crippen LogP contribution < -0.4 is 10.2 Å². The Bertz CT molecular complexity index is 538. The predicted octanol–water partition coefficient (Wildman–Crippen LogP) is 0.342. The van der Waals surface area contributed by atoms with Gasteiger partial charge in [-0.3, -0.25) is 0 Å². The number of anilines is 2. The van der Waals surface area contributed by atoms with E-state index < -0.39 is 0 Å². The molecule has 1 unspecified atom stereocenters. The van der Waals surface area contributed by atoms with Crippen LogP contribution in [-0.4, -0.2) is 45.7 Å². The van der Waals surface area contributed by atoms with Crippen LogP contribution in [0.5, 0.6) is 0 Å². The number of aromatic nitrogens is 3. The standard InChI is InChI=1S/C11H15N5O/c1-12-9-7-16-5-3-13-10(16)11(14-9)15-4-2-8(17)6-15/h3,5,7-8,12,17H,2,4,6H2,1H3. The second-order valence-electron chi connectivity index (χ2n) is 4.25. The third-order valence-corrected chi connectivity index (χ3v) is 3.08. The summed E-state index contributed by atoms with van der Waals surface area (Å²) in [6.07, 6.45) is 6.09. The molecule has 0 radical (unpaired) electrons. The molecule has 0 spiro atoms. The third-order valence-electron chi connectivity index (χ3n) is 3.08. The molecule has 0 amide bonds. The van der Waals surface area contributed by atoms with Gasteiger partial charge in [-0.25, -0.2) is 9.97 Å². The quantitative estimate of drug-likeness (QED) is 0.783. The fourth-order valence-corrected chi connectivity index (χ4v) is 2.18. The maximum atomic E-state index is 9.60. The number of nitrogens with zero attached hydrogens (tertiary/aromatic N) is 4. The molecule has 3 rings (SSSR count). The molecule has 1 saturated heterocycles. The van der Waals surface area contributed by atoms with E-state index in [0.717, 1.165) is 30.2 Å². The fourth-order valence-electron chi connectivity index (χ4n) is 2.18. The molecule has 90 valence electrons. The number of aliphatic hydroxyl groups is 1. The molecular weight excluding hydrogens is 218 g/mol. The van der Waals surface area contributed by atoms with Gasteiger partial charge in [0.1, 0.15) is 5.82 Å². The highest BCUT2D eigenvalue weighted by Crippen LogP contribution is 2.24. The molecule has 2 aromatic rings. The Balaban J connectivity index is 2.10. The van der Waals surface area contributed by atoms with Crippen LogP contribution in [0.2, 0.25) is 0 Å². The van der Waals surface area contributed by atoms with E-state index in [2.05, 4.69) is 20.2 Å². The van der Waals surface area contributed by atoms with E-state index >= 15 is 0 Å². The van der Waals surface area contributed by atoms with Gasteiger partial charge in [0.25, 0.3) is 0 Å². The topological polar surface area (TPSA) is 65.7 Å². The lowest BCUT2D eigenvalue weighted by Gasteiger charge is -2.18. The van der Waals surface area contributed by atoms with Gasteiger partial charge in [-0.1, -0.05) is 0 Å². The molecule has 6 heteroatoms. The second kappa shape index (κ2) is 3.89. The van der Waals surface area contributed by atoms with E-state index in [1.165, 1.54) is 0 Å². The van der Waals surface area contributed by atoms with Crippen LogP contribution in [0.4, 0.5) is 11.6 Å². The van der Waals surface area contributed by atoms with Gasteiger partial charge < -0.3 is 19.7 Å². The molecule has 2 aromatic heterocycles. The minimum Gasteiger partial charge on any atom is -0.391 e. The summed E-state index contributed by atoms with van der Waals surface area (Å²) in [6.45, 7) is 1.45. The second-order valence-corrected chi connectivity index (χ2v) is 4.25. The number of nitrogens with one attached hydrogen (secondary N) is 1. The lowest BCUT2D eigenvalue weighted by atomic mass is 10.3. The number of imidazole rings is 1. The third kappa shape index (κ3) is 1.70. The van der Waals surface area contributed by atoms with Gasteiger partial charge in [0.05, 0.1) is 12.3 Å². The highest BCUT2D eigenvalue weighted by Gasteiger charge is 2.24. The molecule has 0 saturated carbocycles. The maximum Gasteiger partial charge on any atom is 0.180 e. The number of hydrogen-bond donors (Lipinski definition) is 2. The first-order chi connectivity index (χ1) is 8.28. The number of β-amino-alcohol motifs (C(OH)–C–C–N with tert-alkyl or cyclic N) is 1. The molecule has 6 nitrogen and oxygen atoms in total. The van der Waals surface area contributed by atoms with Crippen molar-refractivity contribution in [2.45, 2.75) is 12.5 Å². The molecule has 1 aliphatic heterocycles. The Morgan fingerprint density at radius 1 is 1.53 bits per heavy atom. The van der Waals surface area contributed by atoms with Crippen LogP contribution in [-0.2, 0) is 0 Å². The lowest BCUT2D eigenvalue weighted by Crippen LogP contribution is -2.23. The minimum absolute atomic E-state index is 0.259. The van der Waals surface area contributed by atoms with Crippen molar-refractivity contribution in [1.82, 2.24) is 14.4 Å². The Morgan fingerprint density at radius 3 is 3.12 bits per heavy atom. The average Bonchev–Trinajstić information content (AvgIpc) is 2.95. The van der Waals surface area contributed by atoms with Gasteiger partial charge in [-0.2, -0.15) is 0 Å². The van der Waals surface area contributed by atoms with E-state index in [9.17, 15) is 5.11 Å². The maximum absolute atomic E-state index is 9.60. The Kier molecular flexibility index (Phi) is 2.36. The Morgan fingerprint density at radius 2 is 2.41 bits per heavy atom. The number of fused-ring (bicyclic) bond motifs is 1. The molecule has 0 aliphatic carbocycles. The summed E-state index contributed by atoms with van der Waals surface area (Å²) in [6, 6.07) is 0. The highest BCUT2D eigenvalue weighted by molar-refractivity contribution is 5.67. The number of hydrogen-bond acceptors (Lipinski definition) is 5. The van der Waals surface area contributed by atoms with Crippen LogP contribution >= 0.6 is 0 Å². The summed E-state index contributed by atoms with van der Waals surface area (Å²) < 4.78 is 1.94. The molecule has 2 N–H and O–H groups in total. The van der Waals surface area contributed by atoms with Gasteiger partial charge in [-0.05, 0) is 6.42 Å². The largest absolute Gasteiger partial charge is 0.391 e. The average molecular weight is 233 g/mol. The van der Waals surface area contributed by atoms with E-state index in [1.54, 1.807) is 6.20 Å². The van der Waals surface area contributed by atoms with Crippen LogP contribution in [0.25, 0.3) is 5.65 Å². The van der Waals surface area contributed by atoms with Crippen molar-refractivity contribution < 1.29 is 5.11 Å². The van der Waals surface area contributed by atoms with Crippen molar-refractivity contribution in [3.8, 4) is 0 Å². The van der Waals surface area contributed by atoms with Gasteiger partial charge in [-0.15, -0.1) is 0 Å². The first-order valence-electron chi connectivity index (χ1n) is 5.72. The van der Waals surface area contributed by atoms with E-state index in [1.807, 2.05) is 23.8 Å². The van der Waals surface area contributed by atoms with Crippen molar-refractivity contribution in [1.29, 1.82) is 0 Å². The summed E-state index contributed by atoms with van der Waals surface area (Å²) >= 11 is 0. The molecule has 17 heavy (non-hydrogen) atoms. The molecule has 1 atom stereocenters. The monoisotopic (exact) mass is 233 g/mol. The normalized spacial score (nSPS) is 20.1. The first-order valence-corrected chi connectivity index (χ1v) is 5.72. The van der Waals surface area contributed by atoms with Crippen molar-refractivity contribution in [2.75, 3.05) is 30.4 Å². The van der Waals surface area contributed by atoms with Crippen LogP contribution in [0.15, 0.2) is 18.6 Å². The van der Waals surface area contributed by atoms with Crippen molar-refractivity contribution in [3.63, 3.8) is 0 Å². The molecule has 0 bridgehead atoms. The first kappa shape index (κ1) is 10.3. The number of aliphatic hydroxyl groups excluding tert-OH is 1. The zero-order chi connectivity index (χ0) is 11.8. The van der Waals surface area contributed by atoms with Crippen molar-refractivity contribution >= 4 is 17.3 Å². The van der Waals surface area contributed by atoms with Crippen molar-refractivity contribution in [2.24, 2.45) is 0 Å². The van der Waals surface area contributed by atoms with Crippen LogP contribution in [0.1, 0.15) is 6.42 Å². The van der Waals surface area contributed by atoms with E-state index in [0.29, 0.717) is 6.54 Å². The summed E-state index contributed by atoms with van der Waals surface area (Å²) in [5, 5.41) is 12.6. The van der Waals surface area contributed by atoms with E-state index in [4.69, 9.17) is 0 Å².